The standard InChI is InChI=1S/C17H29N3O4S/c1-3-5-9-24-10-6-8-19-17(21)15(12-18)13-20(4-2)16-7-11-25(22,23)14-16/h13,16H,3-11,14H2,1-2H3,(H,19,21)/b15-13-. The van der Waals surface area contributed by atoms with Crippen molar-refractivity contribution in [3.8, 4) is 6.07 Å². The molecule has 1 N–H and O–H groups in total. The van der Waals surface area contributed by atoms with Crippen molar-refractivity contribution in [1.29, 1.82) is 5.26 Å². The third kappa shape index (κ3) is 7.88. The number of carbonyl (C=O) groups excluding carboxylic acids is 1. The highest BCUT2D eigenvalue weighted by Crippen LogP contribution is 2.18. The van der Waals surface area contributed by atoms with Gasteiger partial charge in [-0.1, -0.05) is 13.3 Å². The van der Waals surface area contributed by atoms with Crippen molar-refractivity contribution in [2.75, 3.05) is 37.8 Å². The van der Waals surface area contributed by atoms with Crippen LogP contribution in [0.2, 0.25) is 0 Å². The molecule has 1 aliphatic heterocycles. The number of sulfone groups is 1. The van der Waals surface area contributed by atoms with E-state index in [2.05, 4.69) is 12.2 Å². The number of hydrogen-bond donors (Lipinski definition) is 1. The van der Waals surface area contributed by atoms with Crippen LogP contribution in [0.3, 0.4) is 0 Å². The monoisotopic (exact) mass is 371 g/mol. The van der Waals surface area contributed by atoms with E-state index in [1.807, 2.05) is 13.0 Å². The third-order valence-corrected chi connectivity index (χ3v) is 5.85. The van der Waals surface area contributed by atoms with Gasteiger partial charge in [0.25, 0.3) is 5.91 Å². The van der Waals surface area contributed by atoms with Crippen molar-refractivity contribution in [1.82, 2.24) is 10.2 Å². The van der Waals surface area contributed by atoms with Gasteiger partial charge in [-0.2, -0.15) is 5.26 Å². The van der Waals surface area contributed by atoms with Crippen molar-refractivity contribution < 1.29 is 17.9 Å². The summed E-state index contributed by atoms with van der Waals surface area (Å²) in [6.07, 6.45) is 4.81. The van der Waals surface area contributed by atoms with Gasteiger partial charge in [0.15, 0.2) is 9.84 Å². The first kappa shape index (κ1) is 21.5. The van der Waals surface area contributed by atoms with E-state index in [1.54, 1.807) is 4.90 Å². The van der Waals surface area contributed by atoms with E-state index in [0.29, 0.717) is 32.5 Å². The summed E-state index contributed by atoms with van der Waals surface area (Å²) in [5, 5.41) is 11.9. The number of unbranched alkanes of at least 4 members (excludes halogenated alkanes) is 1. The summed E-state index contributed by atoms with van der Waals surface area (Å²) < 4.78 is 28.6. The molecular weight excluding hydrogens is 342 g/mol. The maximum atomic E-state index is 12.1. The van der Waals surface area contributed by atoms with Crippen LogP contribution >= 0.6 is 0 Å². The van der Waals surface area contributed by atoms with E-state index in [-0.39, 0.29) is 23.1 Å². The Morgan fingerprint density at radius 1 is 1.36 bits per heavy atom. The van der Waals surface area contributed by atoms with E-state index >= 15 is 0 Å². The molecule has 8 heteroatoms. The second kappa shape index (κ2) is 11.1. The fourth-order valence-electron chi connectivity index (χ4n) is 2.62. The number of nitriles is 1. The molecule has 1 rings (SSSR count). The van der Waals surface area contributed by atoms with Gasteiger partial charge in [0, 0.05) is 38.5 Å². The minimum Gasteiger partial charge on any atom is -0.381 e. The number of ether oxygens (including phenoxy) is 1. The van der Waals surface area contributed by atoms with E-state index < -0.39 is 15.7 Å². The number of nitrogens with one attached hydrogen (secondary N) is 1. The molecule has 1 unspecified atom stereocenters. The Hall–Kier alpha value is -1.59. The molecule has 0 radical (unpaired) electrons. The van der Waals surface area contributed by atoms with Crippen LogP contribution in [-0.4, -0.2) is 63.1 Å². The van der Waals surface area contributed by atoms with Gasteiger partial charge < -0.3 is 15.0 Å². The van der Waals surface area contributed by atoms with Crippen molar-refractivity contribution in [3.63, 3.8) is 0 Å². The Kier molecular flexibility index (Phi) is 9.53. The molecule has 0 bridgehead atoms. The third-order valence-electron chi connectivity index (χ3n) is 4.10. The molecule has 1 saturated heterocycles. The average molecular weight is 372 g/mol. The zero-order chi connectivity index (χ0) is 18.7. The maximum absolute atomic E-state index is 12.1. The van der Waals surface area contributed by atoms with Gasteiger partial charge in [0.2, 0.25) is 0 Å². The van der Waals surface area contributed by atoms with Crippen LogP contribution in [0.25, 0.3) is 0 Å². The van der Waals surface area contributed by atoms with Crippen LogP contribution in [0.4, 0.5) is 0 Å². The highest BCUT2D eigenvalue weighted by atomic mass is 32.2. The Morgan fingerprint density at radius 2 is 2.08 bits per heavy atom. The Morgan fingerprint density at radius 3 is 2.64 bits per heavy atom. The highest BCUT2D eigenvalue weighted by molar-refractivity contribution is 7.91. The van der Waals surface area contributed by atoms with Crippen molar-refractivity contribution in [3.05, 3.63) is 11.8 Å². The fraction of sp³-hybridized carbons (Fsp3) is 0.765. The smallest absolute Gasteiger partial charge is 0.263 e. The van der Waals surface area contributed by atoms with Gasteiger partial charge in [-0.25, -0.2) is 8.42 Å². The first-order chi connectivity index (χ1) is 11.9. The average Bonchev–Trinajstić information content (AvgIpc) is 2.94. The predicted octanol–water partition coefficient (Wildman–Crippen LogP) is 1.23. The summed E-state index contributed by atoms with van der Waals surface area (Å²) in [4.78, 5) is 13.9. The Labute approximate surface area is 150 Å². The largest absolute Gasteiger partial charge is 0.381 e. The first-order valence-corrected chi connectivity index (χ1v) is 10.7. The second-order valence-electron chi connectivity index (χ2n) is 6.12. The molecule has 7 nitrogen and oxygen atoms in total. The normalized spacial score (nSPS) is 19.4. The summed E-state index contributed by atoms with van der Waals surface area (Å²) in [6, 6.07) is 1.74. The summed E-state index contributed by atoms with van der Waals surface area (Å²) in [7, 11) is -3.01. The number of amides is 1. The topological polar surface area (TPSA) is 99.5 Å². The second-order valence-corrected chi connectivity index (χ2v) is 8.35. The minimum absolute atomic E-state index is 0.00181. The van der Waals surface area contributed by atoms with Crippen LogP contribution in [0.5, 0.6) is 0 Å². The van der Waals surface area contributed by atoms with Gasteiger partial charge in [-0.15, -0.1) is 0 Å². The van der Waals surface area contributed by atoms with Gasteiger partial charge in [-0.3, -0.25) is 4.79 Å². The fourth-order valence-corrected chi connectivity index (χ4v) is 4.36. The molecule has 0 aromatic carbocycles. The summed E-state index contributed by atoms with van der Waals surface area (Å²) >= 11 is 0. The van der Waals surface area contributed by atoms with Gasteiger partial charge >= 0.3 is 0 Å². The van der Waals surface area contributed by atoms with E-state index in [1.165, 1.54) is 6.20 Å². The molecular formula is C17H29N3O4S. The highest BCUT2D eigenvalue weighted by Gasteiger charge is 2.31. The van der Waals surface area contributed by atoms with Crippen LogP contribution in [0.1, 0.15) is 39.5 Å². The molecule has 1 atom stereocenters. The lowest BCUT2D eigenvalue weighted by Gasteiger charge is -2.25. The predicted molar refractivity (Wildman–Crippen MR) is 96.5 cm³/mol. The zero-order valence-electron chi connectivity index (χ0n) is 15.2. The molecule has 25 heavy (non-hydrogen) atoms. The van der Waals surface area contributed by atoms with Crippen LogP contribution < -0.4 is 5.32 Å². The quantitative estimate of drug-likeness (QED) is 0.333. The maximum Gasteiger partial charge on any atom is 0.263 e. The number of carbonyl (C=O) groups is 1. The molecule has 1 aliphatic rings. The molecule has 0 spiro atoms. The van der Waals surface area contributed by atoms with E-state index in [4.69, 9.17) is 4.74 Å². The van der Waals surface area contributed by atoms with Crippen LogP contribution in [0.15, 0.2) is 11.8 Å². The number of nitrogens with zero attached hydrogens (tertiary/aromatic N) is 2. The summed E-state index contributed by atoms with van der Waals surface area (Å²) in [5.74, 6) is -0.198. The van der Waals surface area contributed by atoms with Gasteiger partial charge in [0.05, 0.1) is 11.5 Å². The molecule has 0 aromatic heterocycles. The Balaban J connectivity index is 2.48. The van der Waals surface area contributed by atoms with E-state index in [9.17, 15) is 18.5 Å². The van der Waals surface area contributed by atoms with Gasteiger partial charge in [0.1, 0.15) is 11.6 Å². The lowest BCUT2D eigenvalue weighted by atomic mass is 10.2. The summed E-state index contributed by atoms with van der Waals surface area (Å²) in [5.41, 5.74) is -0.00181. The lowest BCUT2D eigenvalue weighted by Crippen LogP contribution is -2.34. The van der Waals surface area contributed by atoms with Crippen molar-refractivity contribution in [2.45, 2.75) is 45.6 Å². The molecule has 0 aromatic rings. The minimum atomic E-state index is -3.01. The molecule has 1 heterocycles. The first-order valence-electron chi connectivity index (χ1n) is 8.87. The lowest BCUT2D eigenvalue weighted by molar-refractivity contribution is -0.117. The van der Waals surface area contributed by atoms with Crippen molar-refractivity contribution in [2.24, 2.45) is 0 Å². The molecule has 142 valence electrons. The number of hydrogen-bond acceptors (Lipinski definition) is 6. The van der Waals surface area contributed by atoms with Crippen LogP contribution in [0, 0.1) is 11.3 Å². The number of rotatable bonds is 11. The molecule has 1 fully saturated rings. The Bertz CT molecular complexity index is 596. The van der Waals surface area contributed by atoms with Gasteiger partial charge in [-0.05, 0) is 26.2 Å². The summed E-state index contributed by atoms with van der Waals surface area (Å²) in [6.45, 7) is 6.26. The van der Waals surface area contributed by atoms with Crippen LogP contribution in [-0.2, 0) is 19.4 Å². The molecule has 0 aliphatic carbocycles. The molecule has 1 amide bonds. The molecule has 0 saturated carbocycles. The zero-order valence-corrected chi connectivity index (χ0v) is 16.0. The SMILES string of the molecule is CCCCOCCCNC(=O)/C(C#N)=C\N(CC)C1CCS(=O)(=O)C1. The van der Waals surface area contributed by atoms with Crippen molar-refractivity contribution >= 4 is 15.7 Å². The van der Waals surface area contributed by atoms with E-state index in [0.717, 1.165) is 19.4 Å².